The number of pyridine rings is 1. The Hall–Kier alpha value is -1.38. The van der Waals surface area contributed by atoms with Crippen LogP contribution in [0.15, 0.2) is 47.5 Å². The van der Waals surface area contributed by atoms with Gasteiger partial charge in [0.05, 0.1) is 5.02 Å². The van der Waals surface area contributed by atoms with E-state index in [0.717, 1.165) is 5.56 Å². The largest absolute Gasteiger partial charge is 0.383 e. The molecule has 0 saturated carbocycles. The summed E-state index contributed by atoms with van der Waals surface area (Å²) >= 11 is 5.87. The number of sulfonamides is 1. The highest BCUT2D eigenvalue weighted by Gasteiger charge is 2.27. The van der Waals surface area contributed by atoms with Gasteiger partial charge in [-0.3, -0.25) is 0 Å². The molecule has 0 fully saturated rings. The molecule has 0 aliphatic heterocycles. The third kappa shape index (κ3) is 5.06. The molecular weight excluding hydrogens is 371 g/mol. The van der Waals surface area contributed by atoms with E-state index in [4.69, 9.17) is 23.1 Å². The van der Waals surface area contributed by atoms with Crippen LogP contribution in [0.3, 0.4) is 0 Å². The normalized spacial score (nSPS) is 11.3. The van der Waals surface area contributed by atoms with Crippen LogP contribution in [0, 0.1) is 0 Å². The first-order valence-electron chi connectivity index (χ1n) is 7.10. The lowest BCUT2D eigenvalue weighted by Crippen LogP contribution is -2.33. The van der Waals surface area contributed by atoms with Gasteiger partial charge in [-0.05, 0) is 24.6 Å². The number of anilines is 1. The summed E-state index contributed by atoms with van der Waals surface area (Å²) in [5, 5.41) is 0.219. The molecule has 4 N–H and O–H groups in total. The highest BCUT2D eigenvalue weighted by atomic mass is 35.5. The lowest BCUT2D eigenvalue weighted by molar-refractivity contribution is 0.402. The van der Waals surface area contributed by atoms with E-state index in [9.17, 15) is 8.42 Å². The zero-order valence-corrected chi connectivity index (χ0v) is 15.3. The van der Waals surface area contributed by atoms with Gasteiger partial charge in [-0.25, -0.2) is 13.4 Å². The van der Waals surface area contributed by atoms with Gasteiger partial charge in [0.2, 0.25) is 10.0 Å². The average molecular weight is 391 g/mol. The van der Waals surface area contributed by atoms with Gasteiger partial charge in [0.1, 0.15) is 10.7 Å². The number of hydrogen-bond donors (Lipinski definition) is 2. The molecule has 2 rings (SSSR count). The van der Waals surface area contributed by atoms with Crippen molar-refractivity contribution in [3.05, 3.63) is 53.2 Å². The summed E-state index contributed by atoms with van der Waals surface area (Å²) in [6.07, 6.45) is 1.86. The summed E-state index contributed by atoms with van der Waals surface area (Å²) in [6, 6.07) is 10.6. The van der Waals surface area contributed by atoms with E-state index >= 15 is 0 Å². The van der Waals surface area contributed by atoms with E-state index in [0.29, 0.717) is 19.5 Å². The zero-order chi connectivity index (χ0) is 16.9. The van der Waals surface area contributed by atoms with Crippen molar-refractivity contribution in [3.8, 4) is 0 Å². The number of hydrogen-bond acceptors (Lipinski definition) is 5. The first-order chi connectivity index (χ1) is 10.9. The second-order valence-corrected chi connectivity index (χ2v) is 7.35. The van der Waals surface area contributed by atoms with Crippen molar-refractivity contribution in [2.75, 3.05) is 18.8 Å². The molecule has 0 atom stereocenters. The van der Waals surface area contributed by atoms with Gasteiger partial charge >= 0.3 is 0 Å². The number of halogens is 2. The van der Waals surface area contributed by atoms with Crippen LogP contribution in [-0.2, 0) is 16.6 Å². The van der Waals surface area contributed by atoms with Gasteiger partial charge in [-0.15, -0.1) is 12.4 Å². The summed E-state index contributed by atoms with van der Waals surface area (Å²) in [4.78, 5) is 3.74. The van der Waals surface area contributed by atoms with Crippen molar-refractivity contribution in [3.63, 3.8) is 0 Å². The van der Waals surface area contributed by atoms with Crippen molar-refractivity contribution in [2.45, 2.75) is 17.9 Å². The Labute approximate surface area is 153 Å². The summed E-state index contributed by atoms with van der Waals surface area (Å²) in [5.41, 5.74) is 12.1. The maximum atomic E-state index is 12.9. The molecule has 0 aliphatic rings. The molecule has 1 aromatic carbocycles. The first kappa shape index (κ1) is 20.7. The van der Waals surface area contributed by atoms with Gasteiger partial charge in [0, 0.05) is 19.3 Å². The highest BCUT2D eigenvalue weighted by Crippen LogP contribution is 2.25. The van der Waals surface area contributed by atoms with Crippen LogP contribution in [0.25, 0.3) is 0 Å². The minimum atomic E-state index is -3.82. The van der Waals surface area contributed by atoms with Crippen molar-refractivity contribution >= 4 is 39.8 Å². The van der Waals surface area contributed by atoms with Crippen molar-refractivity contribution < 1.29 is 8.42 Å². The number of nitrogens with two attached hydrogens (primary N) is 2. The minimum absolute atomic E-state index is 0. The molecule has 0 saturated heterocycles. The Morgan fingerprint density at radius 3 is 2.50 bits per heavy atom. The van der Waals surface area contributed by atoms with E-state index in [1.165, 1.54) is 16.6 Å². The van der Waals surface area contributed by atoms with Gasteiger partial charge in [-0.2, -0.15) is 4.31 Å². The highest BCUT2D eigenvalue weighted by molar-refractivity contribution is 7.89. The predicted octanol–water partition coefficient (Wildman–Crippen LogP) is 2.28. The van der Waals surface area contributed by atoms with Crippen LogP contribution in [0.4, 0.5) is 5.82 Å². The van der Waals surface area contributed by atoms with Gasteiger partial charge in [0.15, 0.2) is 0 Å². The van der Waals surface area contributed by atoms with Crippen molar-refractivity contribution in [1.29, 1.82) is 0 Å². The summed E-state index contributed by atoms with van der Waals surface area (Å²) in [7, 11) is -3.82. The standard InChI is InChI=1S/C15H19ClN4O2S.ClH/c16-13-9-14(15(18)19-10-13)23(21,22)20(8-4-7-17)11-12-5-2-1-3-6-12;/h1-3,5-6,9-10H,4,7-8,11,17H2,(H2,18,19);1H. The van der Waals surface area contributed by atoms with Gasteiger partial charge < -0.3 is 11.5 Å². The van der Waals surface area contributed by atoms with Crippen molar-refractivity contribution in [2.24, 2.45) is 5.73 Å². The fourth-order valence-electron chi connectivity index (χ4n) is 2.12. The molecule has 0 radical (unpaired) electrons. The number of benzene rings is 1. The smallest absolute Gasteiger partial charge is 0.247 e. The molecule has 0 spiro atoms. The fourth-order valence-corrected chi connectivity index (χ4v) is 3.90. The van der Waals surface area contributed by atoms with Crippen LogP contribution in [0.1, 0.15) is 12.0 Å². The van der Waals surface area contributed by atoms with E-state index in [1.54, 1.807) is 0 Å². The van der Waals surface area contributed by atoms with Crippen LogP contribution in [0.2, 0.25) is 5.02 Å². The molecule has 6 nitrogen and oxygen atoms in total. The lowest BCUT2D eigenvalue weighted by atomic mass is 10.2. The second-order valence-electron chi connectivity index (χ2n) is 5.00. The maximum absolute atomic E-state index is 12.9. The van der Waals surface area contributed by atoms with E-state index in [1.807, 2.05) is 30.3 Å². The molecule has 1 aromatic heterocycles. The Bertz CT molecular complexity index is 757. The van der Waals surface area contributed by atoms with E-state index in [-0.39, 0.29) is 34.7 Å². The topological polar surface area (TPSA) is 102 Å². The van der Waals surface area contributed by atoms with Crippen LogP contribution in [0.5, 0.6) is 0 Å². The fraction of sp³-hybridized carbons (Fsp3) is 0.267. The van der Waals surface area contributed by atoms with Crippen LogP contribution < -0.4 is 11.5 Å². The van der Waals surface area contributed by atoms with Gasteiger partial charge in [-0.1, -0.05) is 41.9 Å². The predicted molar refractivity (Wildman–Crippen MR) is 98.6 cm³/mol. The molecule has 0 amide bonds. The minimum Gasteiger partial charge on any atom is -0.383 e. The van der Waals surface area contributed by atoms with Crippen LogP contribution >= 0.6 is 24.0 Å². The SMILES string of the molecule is Cl.NCCCN(Cc1ccccc1)S(=O)(=O)c1cc(Cl)cnc1N. The molecule has 0 bridgehead atoms. The Morgan fingerprint density at radius 2 is 1.88 bits per heavy atom. The number of nitrogen functional groups attached to an aromatic ring is 1. The number of rotatable bonds is 7. The molecule has 9 heteroatoms. The number of nitrogens with zero attached hydrogens (tertiary/aromatic N) is 2. The number of aromatic nitrogens is 1. The molecule has 1 heterocycles. The summed E-state index contributed by atoms with van der Waals surface area (Å²) in [6.45, 7) is 0.916. The second kappa shape index (κ2) is 9.19. The molecule has 0 aliphatic carbocycles. The quantitative estimate of drug-likeness (QED) is 0.754. The van der Waals surface area contributed by atoms with Gasteiger partial charge in [0.25, 0.3) is 0 Å². The molecule has 0 unspecified atom stereocenters. The molecular formula is C15H20Cl2N4O2S. The first-order valence-corrected chi connectivity index (χ1v) is 8.92. The third-order valence-corrected chi connectivity index (χ3v) is 5.36. The molecule has 132 valence electrons. The van der Waals surface area contributed by atoms with Crippen LogP contribution in [-0.4, -0.2) is 30.8 Å². The Morgan fingerprint density at radius 1 is 1.21 bits per heavy atom. The molecule has 24 heavy (non-hydrogen) atoms. The summed E-state index contributed by atoms with van der Waals surface area (Å²) < 4.78 is 27.2. The monoisotopic (exact) mass is 390 g/mol. The molecule has 2 aromatic rings. The van der Waals surface area contributed by atoms with Crippen molar-refractivity contribution in [1.82, 2.24) is 9.29 Å². The van der Waals surface area contributed by atoms with E-state index in [2.05, 4.69) is 4.98 Å². The van der Waals surface area contributed by atoms with E-state index < -0.39 is 10.0 Å². The lowest BCUT2D eigenvalue weighted by Gasteiger charge is -2.22. The Kier molecular flexibility index (Phi) is 7.92. The third-order valence-electron chi connectivity index (χ3n) is 3.28. The summed E-state index contributed by atoms with van der Waals surface area (Å²) in [5.74, 6) is -0.0692. The maximum Gasteiger partial charge on any atom is 0.247 e. The zero-order valence-electron chi connectivity index (χ0n) is 12.9. The average Bonchev–Trinajstić information content (AvgIpc) is 2.54. The Balaban J connectivity index is 0.00000288.